The Labute approximate surface area is 111 Å². The van der Waals surface area contributed by atoms with Crippen LogP contribution in [0.1, 0.15) is 48.0 Å². The Kier molecular flexibility index (Phi) is 2.66. The molecule has 3 saturated carbocycles. The van der Waals surface area contributed by atoms with Gasteiger partial charge in [0.05, 0.1) is 12.2 Å². The fourth-order valence-corrected chi connectivity index (χ4v) is 5.23. The summed E-state index contributed by atoms with van der Waals surface area (Å²) in [6.45, 7) is 17.2. The number of aliphatic hydroxyl groups is 2. The first-order valence-corrected chi connectivity index (χ1v) is 6.94. The molecule has 18 heavy (non-hydrogen) atoms. The monoisotopic (exact) mass is 252 g/mol. The highest BCUT2D eigenvalue weighted by molar-refractivity contribution is 5.40. The van der Waals surface area contributed by atoms with Crippen molar-refractivity contribution < 1.29 is 10.2 Å². The zero-order valence-corrected chi connectivity index (χ0v) is 12.7. The molecule has 0 aromatic heterocycles. The molecule has 3 aliphatic carbocycles. The van der Waals surface area contributed by atoms with Crippen LogP contribution in [0.5, 0.6) is 0 Å². The van der Waals surface area contributed by atoms with Crippen LogP contribution in [0.4, 0.5) is 0 Å². The number of fused-ring (bicyclic) bond motifs is 2. The van der Waals surface area contributed by atoms with Gasteiger partial charge in [-0.15, -0.1) is 0 Å². The third-order valence-electron chi connectivity index (χ3n) is 5.60. The zero-order valence-electron chi connectivity index (χ0n) is 12.7. The molecule has 0 heterocycles. The molecule has 2 nitrogen and oxygen atoms in total. The predicted octanol–water partition coefficient (Wildman–Crippen LogP) is 2.99. The molecule has 0 radical (unpaired) electrons. The summed E-state index contributed by atoms with van der Waals surface area (Å²) in [6, 6.07) is 0. The maximum absolute atomic E-state index is 11.0. The Bertz CT molecular complexity index is 386. The molecule has 3 rings (SSSR count). The molecular weight excluding hydrogens is 224 g/mol. The highest BCUT2D eigenvalue weighted by atomic mass is 16.3. The predicted molar refractivity (Wildman–Crippen MR) is 74.1 cm³/mol. The summed E-state index contributed by atoms with van der Waals surface area (Å²) in [4.78, 5) is 0. The van der Waals surface area contributed by atoms with E-state index in [4.69, 9.17) is 0 Å². The molecule has 0 aromatic rings. The van der Waals surface area contributed by atoms with E-state index in [2.05, 4.69) is 41.2 Å². The van der Waals surface area contributed by atoms with Gasteiger partial charge in [0.15, 0.2) is 0 Å². The third-order valence-corrected chi connectivity index (χ3v) is 5.60. The van der Waals surface area contributed by atoms with Gasteiger partial charge in [0.25, 0.3) is 0 Å². The Morgan fingerprint density at radius 3 is 2.11 bits per heavy atom. The lowest BCUT2D eigenvalue weighted by molar-refractivity contribution is -0.262. The number of rotatable bonds is 1. The number of hydrogen-bond donors (Lipinski definition) is 2. The van der Waals surface area contributed by atoms with Crippen LogP contribution in [0.25, 0.3) is 0 Å². The van der Waals surface area contributed by atoms with Gasteiger partial charge < -0.3 is 10.2 Å². The lowest BCUT2D eigenvalue weighted by Crippen LogP contribution is -2.75. The van der Waals surface area contributed by atoms with E-state index in [0.29, 0.717) is 11.8 Å². The molecule has 3 fully saturated rings. The Morgan fingerprint density at radius 2 is 1.78 bits per heavy atom. The maximum Gasteiger partial charge on any atom is 0.0743 e. The van der Waals surface area contributed by atoms with Gasteiger partial charge in [0.2, 0.25) is 0 Å². The SMILES string of the molecule is C=C1[C@@H]2[C@H](C(C)(C)C)[C@@]1(CO)[C@](C)(O)CC2(C)C. The second-order valence-electron chi connectivity index (χ2n) is 8.42. The molecule has 2 bridgehead atoms. The van der Waals surface area contributed by atoms with Gasteiger partial charge in [0, 0.05) is 5.41 Å². The number of aliphatic hydroxyl groups excluding tert-OH is 1. The van der Waals surface area contributed by atoms with Gasteiger partial charge in [0.1, 0.15) is 0 Å². The quantitative estimate of drug-likeness (QED) is 0.704. The topological polar surface area (TPSA) is 40.5 Å². The first-order chi connectivity index (χ1) is 7.92. The van der Waals surface area contributed by atoms with Crippen molar-refractivity contribution in [3.05, 3.63) is 12.2 Å². The summed E-state index contributed by atoms with van der Waals surface area (Å²) in [5.74, 6) is 0.700. The van der Waals surface area contributed by atoms with Crippen LogP contribution in [0.2, 0.25) is 0 Å². The molecule has 0 amide bonds. The molecule has 0 spiro atoms. The van der Waals surface area contributed by atoms with Crippen LogP contribution < -0.4 is 0 Å². The summed E-state index contributed by atoms with van der Waals surface area (Å²) in [5.41, 5.74) is -0.196. The van der Waals surface area contributed by atoms with Crippen molar-refractivity contribution in [3.8, 4) is 0 Å². The maximum atomic E-state index is 11.0. The van der Waals surface area contributed by atoms with Crippen molar-refractivity contribution in [2.45, 2.75) is 53.6 Å². The first kappa shape index (κ1) is 14.1. The molecule has 4 atom stereocenters. The van der Waals surface area contributed by atoms with Crippen molar-refractivity contribution in [2.24, 2.45) is 28.1 Å². The minimum atomic E-state index is -0.866. The molecule has 104 valence electrons. The largest absolute Gasteiger partial charge is 0.395 e. The Morgan fingerprint density at radius 1 is 1.28 bits per heavy atom. The third kappa shape index (κ3) is 1.36. The molecule has 0 unspecified atom stereocenters. The van der Waals surface area contributed by atoms with Crippen LogP contribution in [0, 0.1) is 28.1 Å². The molecular formula is C16H28O2. The van der Waals surface area contributed by atoms with E-state index in [1.807, 2.05) is 6.92 Å². The summed E-state index contributed by atoms with van der Waals surface area (Å²) in [7, 11) is 0. The summed E-state index contributed by atoms with van der Waals surface area (Å²) < 4.78 is 0. The van der Waals surface area contributed by atoms with E-state index < -0.39 is 11.0 Å². The second kappa shape index (κ2) is 3.40. The lowest BCUT2D eigenvalue weighted by Gasteiger charge is -2.74. The van der Waals surface area contributed by atoms with Gasteiger partial charge in [-0.25, -0.2) is 0 Å². The van der Waals surface area contributed by atoms with Gasteiger partial charge in [-0.05, 0) is 36.0 Å². The molecule has 0 aliphatic heterocycles. The van der Waals surface area contributed by atoms with Gasteiger partial charge in [-0.1, -0.05) is 46.8 Å². The van der Waals surface area contributed by atoms with E-state index >= 15 is 0 Å². The average Bonchev–Trinajstić information content (AvgIpc) is 2.08. The van der Waals surface area contributed by atoms with E-state index in [9.17, 15) is 10.2 Å². The number of hydrogen-bond acceptors (Lipinski definition) is 2. The smallest absolute Gasteiger partial charge is 0.0743 e. The molecule has 2 N–H and O–H groups in total. The summed E-state index contributed by atoms with van der Waals surface area (Å²) in [5, 5.41) is 20.9. The molecule has 2 heteroatoms. The van der Waals surface area contributed by atoms with Gasteiger partial charge in [-0.2, -0.15) is 0 Å². The minimum absolute atomic E-state index is 0.00729. The van der Waals surface area contributed by atoms with Crippen LogP contribution in [-0.2, 0) is 0 Å². The van der Waals surface area contributed by atoms with Crippen LogP contribution >= 0.6 is 0 Å². The van der Waals surface area contributed by atoms with Crippen LogP contribution in [0.15, 0.2) is 12.2 Å². The average molecular weight is 252 g/mol. The minimum Gasteiger partial charge on any atom is -0.395 e. The first-order valence-electron chi connectivity index (χ1n) is 6.94. The standard InChI is InChI=1S/C16H28O2/c1-10-11-12(13(2,3)4)16(10,9-17)15(7,18)8-14(11,5)6/h11-12,17-18H,1,8-9H2,2-7H3/t11-,12-,15-,16+/m1/s1. The van der Waals surface area contributed by atoms with E-state index in [0.717, 1.165) is 12.0 Å². The fraction of sp³-hybridized carbons (Fsp3) is 0.875. The summed E-state index contributed by atoms with van der Waals surface area (Å²) in [6.07, 6.45) is 0.733. The molecule has 0 saturated heterocycles. The molecule has 0 aromatic carbocycles. The highest BCUT2D eigenvalue weighted by Crippen LogP contribution is 2.75. The van der Waals surface area contributed by atoms with E-state index in [1.165, 1.54) is 0 Å². The Hall–Kier alpha value is -0.340. The Balaban J connectivity index is 2.59. The van der Waals surface area contributed by atoms with E-state index in [1.54, 1.807) is 0 Å². The van der Waals surface area contributed by atoms with Crippen molar-refractivity contribution in [2.75, 3.05) is 6.61 Å². The zero-order chi connectivity index (χ0) is 14.1. The van der Waals surface area contributed by atoms with Gasteiger partial charge >= 0.3 is 0 Å². The van der Waals surface area contributed by atoms with Crippen molar-refractivity contribution in [1.82, 2.24) is 0 Å². The highest BCUT2D eigenvalue weighted by Gasteiger charge is 2.74. The normalized spacial score (nSPS) is 46.8. The summed E-state index contributed by atoms with van der Waals surface area (Å²) >= 11 is 0. The van der Waals surface area contributed by atoms with Crippen molar-refractivity contribution in [1.29, 1.82) is 0 Å². The van der Waals surface area contributed by atoms with Gasteiger partial charge in [-0.3, -0.25) is 0 Å². The second-order valence-corrected chi connectivity index (χ2v) is 8.42. The fourth-order valence-electron chi connectivity index (χ4n) is 5.23. The van der Waals surface area contributed by atoms with Crippen LogP contribution in [0.3, 0.4) is 0 Å². The van der Waals surface area contributed by atoms with Crippen LogP contribution in [-0.4, -0.2) is 22.4 Å². The van der Waals surface area contributed by atoms with E-state index in [-0.39, 0.29) is 17.4 Å². The van der Waals surface area contributed by atoms with Crippen molar-refractivity contribution in [3.63, 3.8) is 0 Å². The lowest BCUT2D eigenvalue weighted by atomic mass is 9.30. The van der Waals surface area contributed by atoms with Crippen molar-refractivity contribution >= 4 is 0 Å². The molecule has 3 aliphatic rings.